The third-order valence-corrected chi connectivity index (χ3v) is 2.16. The molecule has 5 nitrogen and oxygen atoms in total. The number of rotatable bonds is 0. The van der Waals surface area contributed by atoms with Gasteiger partial charge in [0.2, 0.25) is 0 Å². The molecule has 0 bridgehead atoms. The van der Waals surface area contributed by atoms with Crippen LogP contribution >= 0.6 is 0 Å². The summed E-state index contributed by atoms with van der Waals surface area (Å²) >= 11 is 0. The van der Waals surface area contributed by atoms with E-state index in [0.29, 0.717) is 0 Å². The van der Waals surface area contributed by atoms with Crippen molar-refractivity contribution in [3.05, 3.63) is 0 Å². The molecule has 66 valence electrons. The average Bonchev–Trinajstić information content (AvgIpc) is 1.97. The minimum Gasteiger partial charge on any atom is -0.391 e. The Bertz CT molecular complexity index is 130. The Morgan fingerprint density at radius 3 is 1.64 bits per heavy atom. The van der Waals surface area contributed by atoms with Crippen LogP contribution in [-0.4, -0.2) is 45.7 Å². The minimum atomic E-state index is -1.02. The van der Waals surface area contributed by atoms with Crippen LogP contribution in [0.1, 0.15) is 6.42 Å². The fourth-order valence-corrected chi connectivity index (χ4v) is 1.27. The summed E-state index contributed by atoms with van der Waals surface area (Å²) in [6, 6.07) is -1.48. The van der Waals surface area contributed by atoms with E-state index in [1.165, 1.54) is 0 Å². The van der Waals surface area contributed by atoms with E-state index in [4.69, 9.17) is 21.7 Å². The second-order valence-electron chi connectivity index (χ2n) is 3.02. The zero-order valence-electron chi connectivity index (χ0n) is 6.09. The molecule has 0 aromatic rings. The lowest BCUT2D eigenvalue weighted by molar-refractivity contribution is -0.0557. The molecule has 0 heterocycles. The van der Waals surface area contributed by atoms with Crippen molar-refractivity contribution in [2.45, 2.75) is 36.8 Å². The largest absolute Gasteiger partial charge is 0.391 e. The van der Waals surface area contributed by atoms with Crippen molar-refractivity contribution in [2.75, 3.05) is 0 Å². The lowest BCUT2D eigenvalue weighted by Crippen LogP contribution is -2.62. The van der Waals surface area contributed by atoms with Gasteiger partial charge in [-0.3, -0.25) is 0 Å². The van der Waals surface area contributed by atoms with E-state index >= 15 is 0 Å². The van der Waals surface area contributed by atoms with Crippen LogP contribution in [0.4, 0.5) is 0 Å². The van der Waals surface area contributed by atoms with Crippen molar-refractivity contribution < 1.29 is 15.3 Å². The van der Waals surface area contributed by atoms with Gasteiger partial charge in [-0.1, -0.05) is 0 Å². The summed E-state index contributed by atoms with van der Waals surface area (Å²) in [6.45, 7) is 0. The summed E-state index contributed by atoms with van der Waals surface area (Å²) in [7, 11) is 0. The maximum Gasteiger partial charge on any atom is 0.0892 e. The number of hydrogen-bond acceptors (Lipinski definition) is 5. The molecule has 0 radical (unpaired) electrons. The van der Waals surface area contributed by atoms with Crippen LogP contribution in [0.25, 0.3) is 0 Å². The van der Waals surface area contributed by atoms with Gasteiger partial charge in [0.15, 0.2) is 0 Å². The van der Waals surface area contributed by atoms with Crippen LogP contribution in [0.15, 0.2) is 0 Å². The summed E-state index contributed by atoms with van der Waals surface area (Å²) in [5.41, 5.74) is 10.8. The second-order valence-corrected chi connectivity index (χ2v) is 3.02. The topological polar surface area (TPSA) is 113 Å². The maximum absolute atomic E-state index is 9.22. The van der Waals surface area contributed by atoms with Gasteiger partial charge in [-0.25, -0.2) is 0 Å². The molecule has 1 fully saturated rings. The van der Waals surface area contributed by atoms with Gasteiger partial charge >= 0.3 is 0 Å². The fraction of sp³-hybridized carbons (Fsp3) is 1.00. The summed E-state index contributed by atoms with van der Waals surface area (Å²) < 4.78 is 0. The first-order chi connectivity index (χ1) is 5.04. The lowest BCUT2D eigenvalue weighted by atomic mass is 9.85. The first kappa shape index (κ1) is 8.89. The van der Waals surface area contributed by atoms with Gasteiger partial charge in [-0.15, -0.1) is 0 Å². The Balaban J connectivity index is 2.63. The van der Waals surface area contributed by atoms with Crippen molar-refractivity contribution in [1.82, 2.24) is 0 Å². The number of nitrogens with two attached hydrogens (primary N) is 2. The van der Waals surface area contributed by atoms with Gasteiger partial charge in [0.05, 0.1) is 30.4 Å². The van der Waals surface area contributed by atoms with Gasteiger partial charge in [-0.2, -0.15) is 0 Å². The van der Waals surface area contributed by atoms with Crippen LogP contribution in [0, 0.1) is 0 Å². The Labute approximate surface area is 64.6 Å². The highest BCUT2D eigenvalue weighted by Crippen LogP contribution is 2.17. The van der Waals surface area contributed by atoms with Gasteiger partial charge < -0.3 is 26.8 Å². The molecule has 0 aromatic heterocycles. The molecule has 0 spiro atoms. The number of aliphatic hydroxyl groups excluding tert-OH is 3. The summed E-state index contributed by atoms with van der Waals surface area (Å²) in [5.74, 6) is 0. The van der Waals surface area contributed by atoms with Gasteiger partial charge in [0, 0.05) is 6.42 Å². The predicted octanol–water partition coefficient (Wildman–Crippen LogP) is -2.87. The molecule has 0 amide bonds. The average molecular weight is 162 g/mol. The first-order valence-corrected chi connectivity index (χ1v) is 3.59. The summed E-state index contributed by atoms with van der Waals surface area (Å²) in [4.78, 5) is 0. The second kappa shape index (κ2) is 3.04. The molecule has 1 rings (SSSR count). The van der Waals surface area contributed by atoms with E-state index in [2.05, 4.69) is 0 Å². The molecule has 4 atom stereocenters. The molecule has 1 aliphatic rings. The molecule has 0 aliphatic heterocycles. The first-order valence-electron chi connectivity index (χ1n) is 3.59. The SMILES string of the molecule is NC1C(O)CC(O)C(N)C1O. The van der Waals surface area contributed by atoms with Gasteiger partial charge in [0.25, 0.3) is 0 Å². The fourth-order valence-electron chi connectivity index (χ4n) is 1.27. The van der Waals surface area contributed by atoms with Crippen LogP contribution in [-0.2, 0) is 0 Å². The van der Waals surface area contributed by atoms with E-state index in [9.17, 15) is 5.11 Å². The van der Waals surface area contributed by atoms with Crippen molar-refractivity contribution in [2.24, 2.45) is 11.5 Å². The molecule has 1 aliphatic carbocycles. The van der Waals surface area contributed by atoms with Gasteiger partial charge in [-0.05, 0) is 0 Å². The van der Waals surface area contributed by atoms with Crippen LogP contribution < -0.4 is 11.5 Å². The predicted molar refractivity (Wildman–Crippen MR) is 38.6 cm³/mol. The molecule has 0 aromatic carbocycles. The zero-order chi connectivity index (χ0) is 8.59. The van der Waals surface area contributed by atoms with Crippen molar-refractivity contribution in [1.29, 1.82) is 0 Å². The Kier molecular flexibility index (Phi) is 2.46. The normalized spacial score (nSPS) is 52.6. The molecule has 4 unspecified atom stereocenters. The molecule has 1 saturated carbocycles. The summed E-state index contributed by atoms with van der Waals surface area (Å²) in [6.07, 6.45) is -2.60. The smallest absolute Gasteiger partial charge is 0.0892 e. The molecule has 7 N–H and O–H groups in total. The standard InChI is InChI=1S/C6H14N2O3/c7-4-2(9)1-3(10)5(8)6(4)11/h2-6,9-11H,1,7-8H2. The Morgan fingerprint density at radius 1 is 0.909 bits per heavy atom. The Morgan fingerprint density at radius 2 is 1.27 bits per heavy atom. The quantitative estimate of drug-likeness (QED) is 0.263. The van der Waals surface area contributed by atoms with Crippen molar-refractivity contribution >= 4 is 0 Å². The molecule has 11 heavy (non-hydrogen) atoms. The van der Waals surface area contributed by atoms with Crippen LogP contribution in [0.2, 0.25) is 0 Å². The van der Waals surface area contributed by atoms with E-state index in [1.54, 1.807) is 0 Å². The summed E-state index contributed by atoms with van der Waals surface area (Å²) in [5, 5.41) is 27.5. The van der Waals surface area contributed by atoms with Crippen molar-refractivity contribution in [3.8, 4) is 0 Å². The van der Waals surface area contributed by atoms with E-state index < -0.39 is 30.4 Å². The minimum absolute atomic E-state index is 0.138. The molecule has 5 heteroatoms. The van der Waals surface area contributed by atoms with E-state index in [1.807, 2.05) is 0 Å². The van der Waals surface area contributed by atoms with Crippen molar-refractivity contribution in [3.63, 3.8) is 0 Å². The van der Waals surface area contributed by atoms with E-state index in [-0.39, 0.29) is 6.42 Å². The highest BCUT2D eigenvalue weighted by molar-refractivity contribution is 4.97. The number of hydrogen-bond donors (Lipinski definition) is 5. The third-order valence-electron chi connectivity index (χ3n) is 2.16. The van der Waals surface area contributed by atoms with E-state index in [0.717, 1.165) is 0 Å². The van der Waals surface area contributed by atoms with Crippen LogP contribution in [0.5, 0.6) is 0 Å². The molecule has 0 saturated heterocycles. The molecular weight excluding hydrogens is 148 g/mol. The van der Waals surface area contributed by atoms with Crippen LogP contribution in [0.3, 0.4) is 0 Å². The van der Waals surface area contributed by atoms with Gasteiger partial charge in [0.1, 0.15) is 0 Å². The Hall–Kier alpha value is -0.200. The lowest BCUT2D eigenvalue weighted by Gasteiger charge is -2.37. The highest BCUT2D eigenvalue weighted by Gasteiger charge is 2.38. The zero-order valence-corrected chi connectivity index (χ0v) is 6.09. The maximum atomic E-state index is 9.22. The molecular formula is C6H14N2O3. The third kappa shape index (κ3) is 1.52. The highest BCUT2D eigenvalue weighted by atomic mass is 16.3. The number of aliphatic hydroxyl groups is 3. The monoisotopic (exact) mass is 162 g/mol.